The zero-order chi connectivity index (χ0) is 32.4. The van der Waals surface area contributed by atoms with Crippen molar-refractivity contribution >= 4 is 49.3 Å². The highest BCUT2D eigenvalue weighted by molar-refractivity contribution is 9.11. The number of anilines is 1. The summed E-state index contributed by atoms with van der Waals surface area (Å²) in [7, 11) is 0. The molecular formula is C28H20Br2F6N6O2. The molecule has 5 rings (SSSR count). The molecule has 230 valence electrons. The number of aromatic nitrogens is 5. The number of nitrogens with zero attached hydrogens (tertiary/aromatic N) is 5. The van der Waals surface area contributed by atoms with E-state index in [0.717, 1.165) is 12.1 Å². The quantitative estimate of drug-likeness (QED) is 0.146. The number of hydrogen-bond acceptors (Lipinski definition) is 7. The Morgan fingerprint density at radius 3 is 1.91 bits per heavy atom. The van der Waals surface area contributed by atoms with Crippen molar-refractivity contribution in [1.82, 2.24) is 24.8 Å². The minimum absolute atomic E-state index is 0.0294. The molecule has 8 nitrogen and oxygen atoms in total. The molecule has 0 saturated carbocycles. The van der Waals surface area contributed by atoms with Crippen LogP contribution in [0.25, 0.3) is 28.2 Å². The number of rotatable bonds is 4. The Morgan fingerprint density at radius 1 is 0.864 bits per heavy atom. The van der Waals surface area contributed by atoms with E-state index in [1.807, 2.05) is 0 Å². The van der Waals surface area contributed by atoms with Crippen LogP contribution in [-0.4, -0.2) is 37.4 Å². The number of carbonyl (C=O) groups is 1. The Morgan fingerprint density at radius 2 is 1.39 bits per heavy atom. The van der Waals surface area contributed by atoms with E-state index in [4.69, 9.17) is 10.5 Å². The average Bonchev–Trinajstić information content (AvgIpc) is 3.30. The van der Waals surface area contributed by atoms with Crippen LogP contribution in [0.4, 0.5) is 32.2 Å². The van der Waals surface area contributed by atoms with E-state index in [2.05, 4.69) is 52.1 Å². The largest absolute Gasteiger partial charge is 0.461 e. The summed E-state index contributed by atoms with van der Waals surface area (Å²) in [5, 5.41) is 11.5. The predicted octanol–water partition coefficient (Wildman–Crippen LogP) is 8.17. The van der Waals surface area contributed by atoms with Crippen molar-refractivity contribution in [1.29, 1.82) is 0 Å². The highest BCUT2D eigenvalue weighted by atomic mass is 79.9. The van der Waals surface area contributed by atoms with Gasteiger partial charge in [-0.1, -0.05) is 36.4 Å². The van der Waals surface area contributed by atoms with Gasteiger partial charge in [0.15, 0.2) is 17.2 Å². The van der Waals surface area contributed by atoms with Gasteiger partial charge in [-0.3, -0.25) is 0 Å². The topological polar surface area (TPSA) is 108 Å². The lowest BCUT2D eigenvalue weighted by Gasteiger charge is -2.13. The maximum atomic E-state index is 13.3. The first-order chi connectivity index (χ1) is 20.6. The van der Waals surface area contributed by atoms with Gasteiger partial charge in [-0.25, -0.2) is 14.3 Å². The highest BCUT2D eigenvalue weighted by Crippen LogP contribution is 2.38. The van der Waals surface area contributed by atoms with Gasteiger partial charge in [-0.05, 0) is 70.0 Å². The van der Waals surface area contributed by atoms with Crippen molar-refractivity contribution in [2.75, 3.05) is 12.3 Å². The molecule has 0 aliphatic rings. The third kappa shape index (κ3) is 7.01. The van der Waals surface area contributed by atoms with Gasteiger partial charge in [0.25, 0.3) is 0 Å². The van der Waals surface area contributed by atoms with Crippen molar-refractivity contribution in [3.63, 3.8) is 0 Å². The van der Waals surface area contributed by atoms with Crippen LogP contribution in [-0.2, 0) is 17.1 Å². The monoisotopic (exact) mass is 744 g/mol. The van der Waals surface area contributed by atoms with Crippen molar-refractivity contribution in [3.8, 4) is 22.5 Å². The number of benzene rings is 2. The number of hydrogen-bond donors (Lipinski definition) is 1. The van der Waals surface area contributed by atoms with Gasteiger partial charge in [0.05, 0.1) is 43.8 Å². The lowest BCUT2D eigenvalue weighted by molar-refractivity contribution is -0.137. The Bertz CT molecular complexity index is 1840. The molecule has 0 fully saturated rings. The van der Waals surface area contributed by atoms with Crippen LogP contribution in [0.5, 0.6) is 0 Å². The summed E-state index contributed by atoms with van der Waals surface area (Å²) >= 11 is 6.41. The summed E-state index contributed by atoms with van der Waals surface area (Å²) in [5.41, 5.74) is 4.70. The SMILES string of the molecule is CCOC(=O)c1c(C)nc2c(Br)cc(-c3ccccc3C(F)(F)F)nn12.Nc1nnc(-c2ccccc2C(F)(F)F)cc1Br. The third-order valence-corrected chi connectivity index (χ3v) is 7.19. The van der Waals surface area contributed by atoms with Gasteiger partial charge >= 0.3 is 18.3 Å². The highest BCUT2D eigenvalue weighted by Gasteiger charge is 2.35. The van der Waals surface area contributed by atoms with E-state index in [1.54, 1.807) is 13.8 Å². The molecule has 0 radical (unpaired) electrons. The summed E-state index contributed by atoms with van der Waals surface area (Å²) in [6.45, 7) is 3.42. The van der Waals surface area contributed by atoms with Crippen LogP contribution < -0.4 is 5.73 Å². The van der Waals surface area contributed by atoms with Gasteiger partial charge in [-0.2, -0.15) is 31.4 Å². The first-order valence-electron chi connectivity index (χ1n) is 12.5. The van der Waals surface area contributed by atoms with Crippen LogP contribution in [0.1, 0.15) is 34.2 Å². The predicted molar refractivity (Wildman–Crippen MR) is 156 cm³/mol. The minimum Gasteiger partial charge on any atom is -0.461 e. The zero-order valence-corrected chi connectivity index (χ0v) is 25.8. The van der Waals surface area contributed by atoms with Gasteiger partial charge in [0.2, 0.25) is 0 Å². The lowest BCUT2D eigenvalue weighted by atomic mass is 10.0. The number of imidazole rings is 1. The van der Waals surface area contributed by atoms with Crippen molar-refractivity contribution in [2.45, 2.75) is 26.2 Å². The molecule has 0 atom stereocenters. The second-order valence-electron chi connectivity index (χ2n) is 8.93. The Balaban J connectivity index is 0.000000215. The number of esters is 1. The Labute approximate surface area is 262 Å². The second kappa shape index (κ2) is 12.9. The van der Waals surface area contributed by atoms with Crippen molar-refractivity contribution in [2.24, 2.45) is 0 Å². The maximum absolute atomic E-state index is 13.3. The summed E-state index contributed by atoms with van der Waals surface area (Å²) in [6.07, 6.45) is -8.97. The van der Waals surface area contributed by atoms with Crippen molar-refractivity contribution < 1.29 is 35.9 Å². The van der Waals surface area contributed by atoms with E-state index in [0.29, 0.717) is 20.3 Å². The minimum atomic E-state index is -4.53. The summed E-state index contributed by atoms with van der Waals surface area (Å²) in [6, 6.07) is 13.2. The zero-order valence-electron chi connectivity index (χ0n) is 22.6. The van der Waals surface area contributed by atoms with Gasteiger partial charge in [-0.15, -0.1) is 10.2 Å². The first-order valence-corrected chi connectivity index (χ1v) is 14.1. The molecule has 0 bridgehead atoms. The standard InChI is InChI=1S/C17H13BrF3N3O2.C11H7BrF3N3/c1-3-26-16(25)14-9(2)22-15-12(18)8-13(23-24(14)15)10-6-4-5-7-11(10)17(19,20)21;12-8-5-9(17-18-10(8)16)6-3-1-2-4-7(6)11(13,14)15/h4-8H,3H2,1-2H3;1-5H,(H2,16,18). The van der Waals surface area contributed by atoms with Crippen LogP contribution in [0.2, 0.25) is 0 Å². The van der Waals surface area contributed by atoms with Gasteiger partial charge in [0.1, 0.15) is 0 Å². The molecule has 5 aromatic rings. The molecular weight excluding hydrogens is 726 g/mol. The van der Waals surface area contributed by atoms with Crippen LogP contribution >= 0.6 is 31.9 Å². The number of alkyl halides is 6. The van der Waals surface area contributed by atoms with Crippen LogP contribution in [0, 0.1) is 6.92 Å². The maximum Gasteiger partial charge on any atom is 0.417 e. The summed E-state index contributed by atoms with van der Waals surface area (Å²) in [5.74, 6) is -0.513. The molecule has 3 heterocycles. The molecule has 0 unspecified atom stereocenters. The van der Waals surface area contributed by atoms with Crippen LogP contribution in [0.15, 0.2) is 69.6 Å². The molecule has 0 aliphatic carbocycles. The fourth-order valence-electron chi connectivity index (χ4n) is 4.07. The number of ether oxygens (including phenoxy) is 1. The van der Waals surface area contributed by atoms with Crippen LogP contribution in [0.3, 0.4) is 0 Å². The molecule has 0 spiro atoms. The number of nitrogen functional groups attached to an aromatic ring is 1. The molecule has 2 aromatic carbocycles. The fraction of sp³-hybridized carbons (Fsp3) is 0.179. The summed E-state index contributed by atoms with van der Waals surface area (Å²) < 4.78 is 85.5. The molecule has 0 aliphatic heterocycles. The number of aryl methyl sites for hydroxylation is 1. The molecule has 0 amide bonds. The number of nitrogens with two attached hydrogens (primary N) is 1. The van der Waals surface area contributed by atoms with E-state index in [-0.39, 0.29) is 40.6 Å². The lowest BCUT2D eigenvalue weighted by Crippen LogP contribution is -2.12. The molecule has 2 N–H and O–H groups in total. The number of carbonyl (C=O) groups excluding carboxylic acids is 1. The third-order valence-electron chi connectivity index (χ3n) is 5.97. The molecule has 3 aromatic heterocycles. The van der Waals surface area contributed by atoms with E-state index < -0.39 is 29.4 Å². The Kier molecular flexibility index (Phi) is 9.63. The fourth-order valence-corrected chi connectivity index (χ4v) is 4.84. The van der Waals surface area contributed by atoms with Crippen molar-refractivity contribution in [3.05, 3.63) is 92.1 Å². The van der Waals surface area contributed by atoms with E-state index >= 15 is 0 Å². The smallest absolute Gasteiger partial charge is 0.417 e. The van der Waals surface area contributed by atoms with Gasteiger partial charge in [0, 0.05) is 11.1 Å². The molecule has 0 saturated heterocycles. The number of halogens is 8. The molecule has 44 heavy (non-hydrogen) atoms. The average molecular weight is 746 g/mol. The molecule has 16 heteroatoms. The number of fused-ring (bicyclic) bond motifs is 1. The van der Waals surface area contributed by atoms with E-state index in [1.165, 1.54) is 53.0 Å². The second-order valence-corrected chi connectivity index (χ2v) is 10.6. The summed E-state index contributed by atoms with van der Waals surface area (Å²) in [4.78, 5) is 16.5. The van der Waals surface area contributed by atoms with E-state index in [9.17, 15) is 31.1 Å². The Hall–Kier alpha value is -4.05. The van der Waals surface area contributed by atoms with Gasteiger partial charge < -0.3 is 10.5 Å². The normalized spacial score (nSPS) is 11.7. The first kappa shape index (κ1) is 32.9.